The van der Waals surface area contributed by atoms with Crippen molar-refractivity contribution < 1.29 is 4.79 Å². The minimum Gasteiger partial charge on any atom is -0.295 e. The lowest BCUT2D eigenvalue weighted by Gasteiger charge is -2.38. The number of thioether (sulfide) groups is 1. The van der Waals surface area contributed by atoms with Crippen molar-refractivity contribution in [2.45, 2.75) is 37.9 Å². The molecule has 0 aromatic carbocycles. The van der Waals surface area contributed by atoms with Crippen LogP contribution in [0.2, 0.25) is 0 Å². The largest absolute Gasteiger partial charge is 0.295 e. The maximum absolute atomic E-state index is 11.0. The highest BCUT2D eigenvalue weighted by molar-refractivity contribution is 8.00. The topological polar surface area (TPSA) is 17.1 Å². The summed E-state index contributed by atoms with van der Waals surface area (Å²) < 4.78 is 0.301. The molecule has 0 aromatic rings. The number of hydrogen-bond acceptors (Lipinski definition) is 2. The van der Waals surface area contributed by atoms with Crippen LogP contribution in [0.15, 0.2) is 11.6 Å². The van der Waals surface area contributed by atoms with Crippen LogP contribution in [0.25, 0.3) is 0 Å². The van der Waals surface area contributed by atoms with E-state index in [1.54, 1.807) is 6.92 Å². The molecule has 1 aliphatic carbocycles. The van der Waals surface area contributed by atoms with Gasteiger partial charge in [0.25, 0.3) is 0 Å². The second-order valence-corrected chi connectivity index (χ2v) is 4.73. The van der Waals surface area contributed by atoms with Crippen molar-refractivity contribution in [3.8, 4) is 0 Å². The maximum atomic E-state index is 11.0. The Kier molecular flexibility index (Phi) is 2.99. The number of allylic oxidation sites excluding steroid dienone is 1. The average molecular weight is 184 g/mol. The third-order valence-electron chi connectivity index (χ3n) is 2.64. The molecule has 1 nitrogen and oxygen atoms in total. The van der Waals surface area contributed by atoms with Crippen LogP contribution in [0.4, 0.5) is 0 Å². The van der Waals surface area contributed by atoms with Crippen LogP contribution in [0.1, 0.15) is 33.1 Å². The van der Waals surface area contributed by atoms with Crippen molar-refractivity contribution in [2.75, 3.05) is 6.26 Å². The van der Waals surface area contributed by atoms with Gasteiger partial charge in [0.1, 0.15) is 0 Å². The van der Waals surface area contributed by atoms with E-state index >= 15 is 0 Å². The number of Topliss-reactive ketones (excluding diaryl/α,β-unsaturated/α-hetero) is 1. The Morgan fingerprint density at radius 1 is 1.42 bits per heavy atom. The monoisotopic (exact) mass is 184 g/mol. The van der Waals surface area contributed by atoms with Gasteiger partial charge in [-0.1, -0.05) is 12.5 Å². The van der Waals surface area contributed by atoms with Crippen LogP contribution in [0.3, 0.4) is 0 Å². The Morgan fingerprint density at radius 3 is 2.25 bits per heavy atom. The van der Waals surface area contributed by atoms with Gasteiger partial charge in [-0.15, -0.1) is 0 Å². The van der Waals surface area contributed by atoms with Crippen molar-refractivity contribution in [1.82, 2.24) is 0 Å². The van der Waals surface area contributed by atoms with E-state index in [2.05, 4.69) is 12.3 Å². The fourth-order valence-electron chi connectivity index (χ4n) is 1.43. The minimum atomic E-state index is 0.204. The summed E-state index contributed by atoms with van der Waals surface area (Å²) in [6.07, 6.45) is 8.06. The Bertz CT molecular complexity index is 208. The van der Waals surface area contributed by atoms with E-state index in [9.17, 15) is 4.79 Å². The van der Waals surface area contributed by atoms with Gasteiger partial charge < -0.3 is 0 Å². The third kappa shape index (κ3) is 1.92. The first kappa shape index (κ1) is 9.85. The van der Waals surface area contributed by atoms with Crippen molar-refractivity contribution in [2.24, 2.45) is 0 Å². The van der Waals surface area contributed by atoms with Crippen LogP contribution in [0.5, 0.6) is 0 Å². The molecular formula is C10H16OS. The normalized spacial score (nSPS) is 21.8. The first-order valence-corrected chi connectivity index (χ1v) is 5.58. The summed E-state index contributed by atoms with van der Waals surface area (Å²) in [6, 6.07) is 0. The Hall–Kier alpha value is -0.240. The van der Waals surface area contributed by atoms with E-state index in [-0.39, 0.29) is 5.78 Å². The number of carbonyl (C=O) groups excluding carboxylic acids is 1. The molecule has 0 unspecified atom stereocenters. The predicted molar refractivity (Wildman–Crippen MR) is 54.5 cm³/mol. The fraction of sp³-hybridized carbons (Fsp3) is 0.700. The van der Waals surface area contributed by atoms with Gasteiger partial charge in [-0.2, -0.15) is 11.8 Å². The van der Waals surface area contributed by atoms with Gasteiger partial charge in [-0.25, -0.2) is 0 Å². The molecule has 1 fully saturated rings. The number of ketones is 1. The third-order valence-corrected chi connectivity index (χ3v) is 3.98. The van der Waals surface area contributed by atoms with Gasteiger partial charge >= 0.3 is 0 Å². The van der Waals surface area contributed by atoms with Crippen molar-refractivity contribution in [1.29, 1.82) is 0 Å². The molecule has 0 heterocycles. The van der Waals surface area contributed by atoms with Crippen LogP contribution >= 0.6 is 11.8 Å². The smallest absolute Gasteiger partial charge is 0.155 e. The number of rotatable bonds is 3. The molecule has 0 bridgehead atoms. The molecule has 0 N–H and O–H groups in total. The van der Waals surface area contributed by atoms with Gasteiger partial charge in [0, 0.05) is 4.75 Å². The zero-order valence-electron chi connectivity index (χ0n) is 8.02. The summed E-state index contributed by atoms with van der Waals surface area (Å²) in [6.45, 7) is 3.55. The lowest BCUT2D eigenvalue weighted by molar-refractivity contribution is -0.113. The zero-order valence-corrected chi connectivity index (χ0v) is 8.83. The van der Waals surface area contributed by atoms with Gasteiger partial charge in [-0.3, -0.25) is 4.79 Å². The van der Waals surface area contributed by atoms with Crippen LogP contribution < -0.4 is 0 Å². The van der Waals surface area contributed by atoms with Crippen LogP contribution in [0, 0.1) is 0 Å². The lowest BCUT2D eigenvalue weighted by atomic mass is 9.82. The molecule has 12 heavy (non-hydrogen) atoms. The molecule has 0 atom stereocenters. The quantitative estimate of drug-likeness (QED) is 0.627. The van der Waals surface area contributed by atoms with Crippen molar-refractivity contribution >= 4 is 17.5 Å². The average Bonchev–Trinajstić information content (AvgIpc) is 1.96. The molecule has 1 saturated carbocycles. The molecular weight excluding hydrogens is 168 g/mol. The fourth-order valence-corrected chi connectivity index (χ4v) is 2.42. The van der Waals surface area contributed by atoms with Crippen LogP contribution in [-0.4, -0.2) is 16.8 Å². The summed E-state index contributed by atoms with van der Waals surface area (Å²) >= 11 is 1.88. The standard InChI is InChI=1S/C10H16OS/c1-8(9(2)11)7-10(12-3)5-4-6-10/h7H,4-6H2,1-3H3/b8-7-. The molecule has 0 spiro atoms. The molecule has 0 amide bonds. The van der Waals surface area contributed by atoms with E-state index < -0.39 is 0 Å². The molecule has 2 heteroatoms. The summed E-state index contributed by atoms with van der Waals surface area (Å²) in [5, 5.41) is 0. The second kappa shape index (κ2) is 3.65. The summed E-state index contributed by atoms with van der Waals surface area (Å²) in [5.41, 5.74) is 0.920. The van der Waals surface area contributed by atoms with E-state index in [0.29, 0.717) is 4.75 Å². The molecule has 0 saturated heterocycles. The predicted octanol–water partition coefficient (Wildman–Crippen LogP) is 2.81. The molecule has 1 rings (SSSR count). The Labute approximate surface area is 78.6 Å². The Morgan fingerprint density at radius 2 is 2.00 bits per heavy atom. The van der Waals surface area contributed by atoms with Gasteiger partial charge in [0.15, 0.2) is 5.78 Å². The molecule has 0 aliphatic heterocycles. The summed E-state index contributed by atoms with van der Waals surface area (Å²) in [7, 11) is 0. The second-order valence-electron chi connectivity index (χ2n) is 3.51. The first-order valence-electron chi connectivity index (χ1n) is 4.35. The summed E-state index contributed by atoms with van der Waals surface area (Å²) in [5.74, 6) is 0.204. The highest BCUT2D eigenvalue weighted by Gasteiger charge is 2.34. The Balaban J connectivity index is 2.69. The van der Waals surface area contributed by atoms with Gasteiger partial charge in [-0.05, 0) is 38.5 Å². The highest BCUT2D eigenvalue weighted by Crippen LogP contribution is 2.44. The van der Waals surface area contributed by atoms with Gasteiger partial charge in [0.2, 0.25) is 0 Å². The molecule has 0 radical (unpaired) electrons. The molecule has 0 aromatic heterocycles. The van der Waals surface area contributed by atoms with E-state index in [1.165, 1.54) is 19.3 Å². The van der Waals surface area contributed by atoms with Crippen molar-refractivity contribution in [3.63, 3.8) is 0 Å². The molecule has 1 aliphatic rings. The van der Waals surface area contributed by atoms with E-state index in [4.69, 9.17) is 0 Å². The first-order chi connectivity index (χ1) is 5.59. The SMILES string of the molecule is CSC1(/C=C(/C)C(C)=O)CCC1. The zero-order chi connectivity index (χ0) is 9.19. The maximum Gasteiger partial charge on any atom is 0.155 e. The van der Waals surface area contributed by atoms with E-state index in [1.807, 2.05) is 18.7 Å². The number of hydrogen-bond donors (Lipinski definition) is 0. The molecule has 68 valence electrons. The lowest BCUT2D eigenvalue weighted by Crippen LogP contribution is -2.31. The highest BCUT2D eigenvalue weighted by atomic mass is 32.2. The van der Waals surface area contributed by atoms with Gasteiger partial charge in [0.05, 0.1) is 0 Å². The summed E-state index contributed by atoms with van der Waals surface area (Å²) in [4.78, 5) is 11.0. The number of carbonyl (C=O) groups is 1. The minimum absolute atomic E-state index is 0.204. The van der Waals surface area contributed by atoms with E-state index in [0.717, 1.165) is 5.57 Å². The van der Waals surface area contributed by atoms with Crippen LogP contribution in [-0.2, 0) is 4.79 Å². The van der Waals surface area contributed by atoms with Crippen molar-refractivity contribution in [3.05, 3.63) is 11.6 Å².